The van der Waals surface area contributed by atoms with Gasteiger partial charge in [0.2, 0.25) is 0 Å². The number of hydrogen-bond donors (Lipinski definition) is 2. The number of aromatic amines is 1. The molecule has 2 fully saturated rings. The molecule has 2 aromatic carbocycles. The van der Waals surface area contributed by atoms with Crippen LogP contribution >= 0.6 is 0 Å². The van der Waals surface area contributed by atoms with Gasteiger partial charge in [-0.2, -0.15) is 5.10 Å². The van der Waals surface area contributed by atoms with Gasteiger partial charge in [0.25, 0.3) is 0 Å². The van der Waals surface area contributed by atoms with Crippen LogP contribution in [0.2, 0.25) is 0 Å². The Morgan fingerprint density at radius 2 is 1.88 bits per heavy atom. The van der Waals surface area contributed by atoms with Crippen molar-refractivity contribution in [3.63, 3.8) is 0 Å². The van der Waals surface area contributed by atoms with Gasteiger partial charge in [0, 0.05) is 31.2 Å². The maximum absolute atomic E-state index is 15.3. The summed E-state index contributed by atoms with van der Waals surface area (Å²) >= 11 is 0. The van der Waals surface area contributed by atoms with E-state index >= 15 is 4.39 Å². The Balaban J connectivity index is 1.22. The van der Waals surface area contributed by atoms with Crippen LogP contribution in [0.15, 0.2) is 53.8 Å². The second-order valence-corrected chi connectivity index (χ2v) is 9.25. The molecule has 3 aliphatic rings. The highest BCUT2D eigenvalue weighted by Crippen LogP contribution is 2.44. The first kappa shape index (κ1) is 20.1. The number of hydrazone groups is 1. The lowest BCUT2D eigenvalue weighted by atomic mass is 9.92. The number of halogens is 1. The molecule has 1 aliphatic carbocycles. The van der Waals surface area contributed by atoms with Crippen LogP contribution in [0.1, 0.15) is 19.3 Å². The lowest BCUT2D eigenvalue weighted by molar-refractivity contribution is -0.116. The summed E-state index contributed by atoms with van der Waals surface area (Å²) in [7, 11) is 0. The molecule has 8 heteroatoms. The number of anilines is 1. The van der Waals surface area contributed by atoms with Crippen molar-refractivity contribution >= 4 is 35.0 Å². The molecule has 0 amide bonds. The number of rotatable bonds is 7. The van der Waals surface area contributed by atoms with Gasteiger partial charge in [-0.15, -0.1) is 0 Å². The van der Waals surface area contributed by atoms with Crippen molar-refractivity contribution in [2.75, 3.05) is 18.0 Å². The Kier molecular flexibility index (Phi) is 4.58. The average molecular weight is 445 g/mol. The van der Waals surface area contributed by atoms with Crippen LogP contribution in [-0.4, -0.2) is 53.1 Å². The van der Waals surface area contributed by atoms with Gasteiger partial charge in [-0.1, -0.05) is 18.2 Å². The number of aromatic nitrogens is 1. The topological polar surface area (TPSA) is 80.8 Å². The van der Waals surface area contributed by atoms with Gasteiger partial charge in [-0.05, 0) is 59.5 Å². The molecule has 3 heterocycles. The minimum Gasteiger partial charge on any atom is -0.361 e. The second-order valence-electron chi connectivity index (χ2n) is 9.25. The molecule has 3 aromatic rings. The first-order chi connectivity index (χ1) is 16.1. The van der Waals surface area contributed by atoms with Crippen molar-refractivity contribution in [3.05, 3.63) is 54.5 Å². The van der Waals surface area contributed by atoms with E-state index in [1.165, 1.54) is 6.07 Å². The Bertz CT molecular complexity index is 1270. The lowest BCUT2D eigenvalue weighted by Gasteiger charge is -2.43. The molecule has 0 spiro atoms. The second kappa shape index (κ2) is 7.52. The predicted octanol–water partition coefficient (Wildman–Crippen LogP) is 3.28. The number of carbonyl (C=O) groups excluding carboxylic acids is 2. The number of benzene rings is 2. The Morgan fingerprint density at radius 1 is 1.09 bits per heavy atom. The first-order valence-corrected chi connectivity index (χ1v) is 11.3. The van der Waals surface area contributed by atoms with E-state index in [0.717, 1.165) is 60.5 Å². The number of amidine groups is 1. The fraction of sp³-hybridized carbons (Fsp3) is 0.320. The van der Waals surface area contributed by atoms with Crippen molar-refractivity contribution in [2.24, 2.45) is 11.0 Å². The number of fused-ring (bicyclic) bond motifs is 1. The van der Waals surface area contributed by atoms with Crippen LogP contribution in [-0.2, 0) is 9.59 Å². The van der Waals surface area contributed by atoms with Gasteiger partial charge in [-0.25, -0.2) is 4.39 Å². The SMILES string of the molecule is O=CC1NN=C(CC2CN(C3(C=O)CC3)C2)N1c1ccc(-c2ccc3cc[nH]c3c2)cc1F. The van der Waals surface area contributed by atoms with E-state index in [2.05, 4.69) is 20.4 Å². The van der Waals surface area contributed by atoms with E-state index in [4.69, 9.17) is 0 Å². The summed E-state index contributed by atoms with van der Waals surface area (Å²) in [5.41, 5.74) is 5.56. The quantitative estimate of drug-likeness (QED) is 0.546. The van der Waals surface area contributed by atoms with Crippen molar-refractivity contribution in [3.8, 4) is 11.1 Å². The highest BCUT2D eigenvalue weighted by atomic mass is 19.1. The Hall–Kier alpha value is -3.52. The monoisotopic (exact) mass is 445 g/mol. The average Bonchev–Trinajstić information content (AvgIpc) is 3.26. The molecule has 1 atom stereocenters. The van der Waals surface area contributed by atoms with E-state index in [0.29, 0.717) is 23.9 Å². The van der Waals surface area contributed by atoms with Gasteiger partial charge in [-0.3, -0.25) is 20.0 Å². The lowest BCUT2D eigenvalue weighted by Crippen LogP contribution is -2.55. The Labute approximate surface area is 190 Å². The minimum atomic E-state index is -0.739. The first-order valence-electron chi connectivity index (χ1n) is 11.3. The van der Waals surface area contributed by atoms with E-state index < -0.39 is 12.0 Å². The summed E-state index contributed by atoms with van der Waals surface area (Å²) in [5.74, 6) is 0.563. The summed E-state index contributed by atoms with van der Waals surface area (Å²) < 4.78 is 15.3. The molecule has 2 N–H and O–H groups in total. The molecule has 2 aliphatic heterocycles. The summed E-state index contributed by atoms with van der Waals surface area (Å²) in [5, 5.41) is 5.44. The summed E-state index contributed by atoms with van der Waals surface area (Å²) in [4.78, 5) is 30.1. The van der Waals surface area contributed by atoms with Gasteiger partial charge in [0.15, 0.2) is 12.5 Å². The molecule has 1 aromatic heterocycles. The molecule has 7 nitrogen and oxygen atoms in total. The van der Waals surface area contributed by atoms with Crippen LogP contribution in [0, 0.1) is 11.7 Å². The molecular weight excluding hydrogens is 421 g/mol. The highest BCUT2D eigenvalue weighted by molar-refractivity contribution is 6.03. The van der Waals surface area contributed by atoms with E-state index in [-0.39, 0.29) is 5.54 Å². The third-order valence-corrected chi connectivity index (χ3v) is 7.15. The van der Waals surface area contributed by atoms with Crippen LogP contribution in [0.3, 0.4) is 0 Å². The number of aldehydes is 2. The molecule has 0 bridgehead atoms. The standard InChI is InChI=1S/C25H24FN5O2/c26-20-10-18(19-2-1-17-5-8-27-21(17)11-19)3-4-22(20)31-23(28-29-24(31)14-32)9-16-12-30(13-16)25(15-33)6-7-25/h1-5,8,10-11,14-16,24,27,29H,6-7,9,12-13H2. The molecule has 1 unspecified atom stereocenters. The number of nitrogens with zero attached hydrogens (tertiary/aromatic N) is 3. The van der Waals surface area contributed by atoms with Crippen LogP contribution in [0.5, 0.6) is 0 Å². The summed E-state index contributed by atoms with van der Waals surface area (Å²) in [6.45, 7) is 1.64. The van der Waals surface area contributed by atoms with E-state index in [1.807, 2.05) is 36.5 Å². The number of carbonyl (C=O) groups is 2. The number of likely N-dealkylation sites (tertiary alicyclic amines) is 1. The van der Waals surface area contributed by atoms with Gasteiger partial charge in [0.1, 0.15) is 17.9 Å². The van der Waals surface area contributed by atoms with Crippen molar-refractivity contribution in [2.45, 2.75) is 31.0 Å². The third-order valence-electron chi connectivity index (χ3n) is 7.15. The van der Waals surface area contributed by atoms with Crippen molar-refractivity contribution in [1.29, 1.82) is 0 Å². The zero-order valence-electron chi connectivity index (χ0n) is 18.0. The van der Waals surface area contributed by atoms with Gasteiger partial charge < -0.3 is 9.78 Å². The molecule has 1 saturated carbocycles. The third kappa shape index (κ3) is 3.33. The Morgan fingerprint density at radius 3 is 2.61 bits per heavy atom. The van der Waals surface area contributed by atoms with Crippen molar-refractivity contribution in [1.82, 2.24) is 15.3 Å². The zero-order chi connectivity index (χ0) is 22.6. The maximum Gasteiger partial charge on any atom is 0.177 e. The van der Waals surface area contributed by atoms with Gasteiger partial charge >= 0.3 is 0 Å². The molecule has 6 rings (SSSR count). The van der Waals surface area contributed by atoms with E-state index in [9.17, 15) is 9.59 Å². The van der Waals surface area contributed by atoms with Crippen LogP contribution in [0.25, 0.3) is 22.0 Å². The molecule has 33 heavy (non-hydrogen) atoms. The molecule has 168 valence electrons. The fourth-order valence-corrected chi connectivity index (χ4v) is 5.00. The summed E-state index contributed by atoms with van der Waals surface area (Å²) in [6.07, 6.45) is 5.42. The highest BCUT2D eigenvalue weighted by Gasteiger charge is 2.52. The molecule has 0 radical (unpaired) electrons. The normalized spacial score (nSPS) is 22.0. The van der Waals surface area contributed by atoms with Crippen LogP contribution < -0.4 is 10.3 Å². The molecular formula is C25H24FN5O2. The minimum absolute atomic E-state index is 0.248. The predicted molar refractivity (Wildman–Crippen MR) is 124 cm³/mol. The summed E-state index contributed by atoms with van der Waals surface area (Å²) in [6, 6.07) is 13.0. The number of nitrogens with one attached hydrogen (secondary N) is 2. The van der Waals surface area contributed by atoms with E-state index in [1.54, 1.807) is 11.0 Å². The van der Waals surface area contributed by atoms with Gasteiger partial charge in [0.05, 0.1) is 11.2 Å². The fourth-order valence-electron chi connectivity index (χ4n) is 5.00. The zero-order valence-corrected chi connectivity index (χ0v) is 18.0. The maximum atomic E-state index is 15.3. The molecule has 1 saturated heterocycles. The number of H-pyrrole nitrogens is 1. The largest absolute Gasteiger partial charge is 0.361 e. The van der Waals surface area contributed by atoms with Crippen molar-refractivity contribution < 1.29 is 14.0 Å². The van der Waals surface area contributed by atoms with Crippen LogP contribution in [0.4, 0.5) is 10.1 Å². The smallest absolute Gasteiger partial charge is 0.177 e. The number of hydrogen-bond acceptors (Lipinski definition) is 6.